The second-order valence-corrected chi connectivity index (χ2v) is 7.89. The molecule has 1 aliphatic heterocycles. The standard InChI is InChI=1S/C22H22N4O3S/c1-15(27)23-19(13-16-5-3-2-4-6-16)21(28)24-17-7-8-18-20(14-17)30-22(25-18)26-9-11-29-12-10-26/h2-8,13-14H,9-12H2,1H3,(H,23,27)(H,24,28)/b19-13+. The first-order valence-corrected chi connectivity index (χ1v) is 10.5. The molecule has 1 saturated heterocycles. The number of ether oxygens (including phenoxy) is 1. The molecule has 30 heavy (non-hydrogen) atoms. The van der Waals surface area contributed by atoms with Gasteiger partial charge in [-0.05, 0) is 29.8 Å². The Kier molecular flexibility index (Phi) is 6.06. The molecule has 2 N–H and O–H groups in total. The van der Waals surface area contributed by atoms with E-state index < -0.39 is 0 Å². The van der Waals surface area contributed by atoms with Crippen molar-refractivity contribution in [1.29, 1.82) is 0 Å². The van der Waals surface area contributed by atoms with Crippen molar-refractivity contribution in [3.8, 4) is 0 Å². The summed E-state index contributed by atoms with van der Waals surface area (Å²) in [4.78, 5) is 31.3. The lowest BCUT2D eigenvalue weighted by Crippen LogP contribution is -2.36. The van der Waals surface area contributed by atoms with Gasteiger partial charge in [0.1, 0.15) is 5.70 Å². The van der Waals surface area contributed by atoms with E-state index in [1.165, 1.54) is 6.92 Å². The molecule has 0 aliphatic carbocycles. The van der Waals surface area contributed by atoms with Crippen molar-refractivity contribution in [3.05, 3.63) is 59.8 Å². The molecule has 1 aromatic heterocycles. The molecule has 1 aliphatic rings. The Bertz CT molecular complexity index is 1090. The number of nitrogens with zero attached hydrogens (tertiary/aromatic N) is 2. The molecular formula is C22H22N4O3S. The van der Waals surface area contributed by atoms with Gasteiger partial charge in [0.05, 0.1) is 23.4 Å². The summed E-state index contributed by atoms with van der Waals surface area (Å²) in [6, 6.07) is 15.0. The van der Waals surface area contributed by atoms with Gasteiger partial charge in [0, 0.05) is 25.7 Å². The number of aromatic nitrogens is 1. The van der Waals surface area contributed by atoms with E-state index in [2.05, 4.69) is 15.5 Å². The lowest BCUT2D eigenvalue weighted by molar-refractivity contribution is -0.120. The number of anilines is 2. The highest BCUT2D eigenvalue weighted by Crippen LogP contribution is 2.31. The summed E-state index contributed by atoms with van der Waals surface area (Å²) < 4.78 is 6.39. The highest BCUT2D eigenvalue weighted by atomic mass is 32.1. The first-order chi connectivity index (χ1) is 14.6. The van der Waals surface area contributed by atoms with Crippen LogP contribution in [0.1, 0.15) is 12.5 Å². The third-order valence-corrected chi connectivity index (χ3v) is 5.66. The van der Waals surface area contributed by atoms with Gasteiger partial charge in [0.25, 0.3) is 5.91 Å². The lowest BCUT2D eigenvalue weighted by Gasteiger charge is -2.25. The maximum absolute atomic E-state index is 12.8. The molecule has 1 fully saturated rings. The van der Waals surface area contributed by atoms with Crippen molar-refractivity contribution >= 4 is 50.3 Å². The number of carbonyl (C=O) groups excluding carboxylic acids is 2. The summed E-state index contributed by atoms with van der Waals surface area (Å²) in [5, 5.41) is 6.44. The Balaban J connectivity index is 1.54. The Labute approximate surface area is 178 Å². The van der Waals surface area contributed by atoms with Gasteiger partial charge in [-0.3, -0.25) is 9.59 Å². The molecular weight excluding hydrogens is 400 g/mol. The third-order valence-electron chi connectivity index (χ3n) is 4.58. The Morgan fingerprint density at radius 1 is 1.13 bits per heavy atom. The number of hydrogen-bond donors (Lipinski definition) is 2. The predicted octanol–water partition coefficient (Wildman–Crippen LogP) is 3.25. The van der Waals surface area contributed by atoms with E-state index in [-0.39, 0.29) is 17.5 Å². The molecule has 4 rings (SSSR count). The Hall–Kier alpha value is -3.23. The number of nitrogens with one attached hydrogen (secondary N) is 2. The number of morpholine rings is 1. The number of rotatable bonds is 5. The van der Waals surface area contributed by atoms with Crippen molar-refractivity contribution in [2.75, 3.05) is 36.5 Å². The van der Waals surface area contributed by atoms with Crippen LogP contribution < -0.4 is 15.5 Å². The normalized spacial score (nSPS) is 14.6. The van der Waals surface area contributed by atoms with Gasteiger partial charge in [-0.1, -0.05) is 41.7 Å². The number of benzene rings is 2. The molecule has 3 aromatic rings. The van der Waals surface area contributed by atoms with E-state index >= 15 is 0 Å². The number of hydrogen-bond acceptors (Lipinski definition) is 6. The van der Waals surface area contributed by atoms with Crippen LogP contribution in [0.3, 0.4) is 0 Å². The minimum absolute atomic E-state index is 0.187. The topological polar surface area (TPSA) is 83.6 Å². The highest BCUT2D eigenvalue weighted by Gasteiger charge is 2.16. The quantitative estimate of drug-likeness (QED) is 0.617. The van der Waals surface area contributed by atoms with Gasteiger partial charge < -0.3 is 20.3 Å². The number of thiazole rings is 1. The molecule has 2 heterocycles. The number of carbonyl (C=O) groups is 2. The first kappa shape index (κ1) is 20.1. The Morgan fingerprint density at radius 2 is 1.90 bits per heavy atom. The fourth-order valence-electron chi connectivity index (χ4n) is 3.14. The molecule has 0 bridgehead atoms. The van der Waals surface area contributed by atoms with Crippen molar-refractivity contribution in [1.82, 2.24) is 10.3 Å². The van der Waals surface area contributed by atoms with Crippen molar-refractivity contribution in [2.45, 2.75) is 6.92 Å². The van der Waals surface area contributed by atoms with E-state index in [9.17, 15) is 9.59 Å². The average Bonchev–Trinajstić information content (AvgIpc) is 3.18. The Morgan fingerprint density at radius 3 is 2.63 bits per heavy atom. The van der Waals surface area contributed by atoms with Crippen LogP contribution in [0, 0.1) is 0 Å². The smallest absolute Gasteiger partial charge is 0.272 e. The molecule has 2 aromatic carbocycles. The SMILES string of the molecule is CC(=O)N/C(=C/c1ccccc1)C(=O)Nc1ccc2nc(N3CCOCC3)sc2c1. The maximum atomic E-state index is 12.8. The second kappa shape index (κ2) is 9.06. The molecule has 2 amide bonds. The number of amides is 2. The van der Waals surface area contributed by atoms with Crippen molar-refractivity contribution in [3.63, 3.8) is 0 Å². The first-order valence-electron chi connectivity index (χ1n) is 9.67. The summed E-state index contributed by atoms with van der Waals surface area (Å²) in [7, 11) is 0. The second-order valence-electron chi connectivity index (χ2n) is 6.88. The van der Waals surface area contributed by atoms with E-state index in [1.54, 1.807) is 17.4 Å². The summed E-state index contributed by atoms with van der Waals surface area (Å²) >= 11 is 1.59. The molecule has 0 spiro atoms. The zero-order valence-electron chi connectivity index (χ0n) is 16.6. The molecule has 154 valence electrons. The summed E-state index contributed by atoms with van der Waals surface area (Å²) in [5.41, 5.74) is 2.55. The van der Waals surface area contributed by atoms with Gasteiger partial charge >= 0.3 is 0 Å². The molecule has 8 heteroatoms. The van der Waals surface area contributed by atoms with Crippen molar-refractivity contribution < 1.29 is 14.3 Å². The van der Waals surface area contributed by atoms with Crippen LogP contribution in [0.5, 0.6) is 0 Å². The zero-order valence-corrected chi connectivity index (χ0v) is 17.4. The summed E-state index contributed by atoms with van der Waals surface area (Å²) in [5.74, 6) is -0.688. The molecule has 0 radical (unpaired) electrons. The molecule has 0 atom stereocenters. The van der Waals surface area contributed by atoms with Crippen LogP contribution in [-0.4, -0.2) is 43.1 Å². The molecule has 7 nitrogen and oxygen atoms in total. The largest absolute Gasteiger partial charge is 0.378 e. The minimum atomic E-state index is -0.383. The van der Waals surface area contributed by atoms with Crippen LogP contribution >= 0.6 is 11.3 Å². The fourth-order valence-corrected chi connectivity index (χ4v) is 4.20. The third kappa shape index (κ3) is 4.84. The predicted molar refractivity (Wildman–Crippen MR) is 120 cm³/mol. The van der Waals surface area contributed by atoms with Crippen LogP contribution in [0.2, 0.25) is 0 Å². The van der Waals surface area contributed by atoms with Crippen LogP contribution in [0.15, 0.2) is 54.2 Å². The monoisotopic (exact) mass is 422 g/mol. The van der Waals surface area contributed by atoms with Crippen LogP contribution in [0.25, 0.3) is 16.3 Å². The maximum Gasteiger partial charge on any atom is 0.272 e. The average molecular weight is 423 g/mol. The highest BCUT2D eigenvalue weighted by molar-refractivity contribution is 7.22. The molecule has 0 saturated carbocycles. The van der Waals surface area contributed by atoms with Gasteiger partial charge in [-0.2, -0.15) is 0 Å². The fraction of sp³-hybridized carbons (Fsp3) is 0.227. The van der Waals surface area contributed by atoms with E-state index in [0.717, 1.165) is 34.0 Å². The van der Waals surface area contributed by atoms with E-state index in [0.29, 0.717) is 18.9 Å². The van der Waals surface area contributed by atoms with Gasteiger partial charge in [-0.15, -0.1) is 0 Å². The van der Waals surface area contributed by atoms with Gasteiger partial charge in [0.2, 0.25) is 5.91 Å². The molecule has 0 unspecified atom stereocenters. The van der Waals surface area contributed by atoms with Crippen LogP contribution in [0.4, 0.5) is 10.8 Å². The lowest BCUT2D eigenvalue weighted by atomic mass is 10.2. The van der Waals surface area contributed by atoms with E-state index in [4.69, 9.17) is 9.72 Å². The number of fused-ring (bicyclic) bond motifs is 1. The summed E-state index contributed by atoms with van der Waals surface area (Å²) in [6.07, 6.45) is 1.65. The zero-order chi connectivity index (χ0) is 20.9. The minimum Gasteiger partial charge on any atom is -0.378 e. The van der Waals surface area contributed by atoms with Gasteiger partial charge in [0.15, 0.2) is 5.13 Å². The van der Waals surface area contributed by atoms with Crippen LogP contribution in [-0.2, 0) is 14.3 Å². The van der Waals surface area contributed by atoms with Crippen molar-refractivity contribution in [2.24, 2.45) is 0 Å². The van der Waals surface area contributed by atoms with E-state index in [1.807, 2.05) is 48.5 Å². The summed E-state index contributed by atoms with van der Waals surface area (Å²) in [6.45, 7) is 4.44. The van der Waals surface area contributed by atoms with Gasteiger partial charge in [-0.25, -0.2) is 4.98 Å².